The van der Waals surface area contributed by atoms with E-state index in [2.05, 4.69) is 11.6 Å². The van der Waals surface area contributed by atoms with E-state index < -0.39 is 5.95 Å². The molecule has 0 aliphatic carbocycles. The van der Waals surface area contributed by atoms with Crippen molar-refractivity contribution < 1.29 is 9.13 Å². The Labute approximate surface area is 106 Å². The molecule has 0 aromatic carbocycles. The van der Waals surface area contributed by atoms with Gasteiger partial charge in [-0.3, -0.25) is 0 Å². The molecule has 0 fully saturated rings. The molecule has 2 rings (SSSR count). The summed E-state index contributed by atoms with van der Waals surface area (Å²) in [5.41, 5.74) is 2.85. The number of rotatable bonds is 4. The van der Waals surface area contributed by atoms with Gasteiger partial charge >= 0.3 is 0 Å². The first-order valence-electron chi connectivity index (χ1n) is 5.60. The molecule has 18 heavy (non-hydrogen) atoms. The highest BCUT2D eigenvalue weighted by Crippen LogP contribution is 2.18. The fourth-order valence-electron chi connectivity index (χ4n) is 1.86. The zero-order chi connectivity index (χ0) is 13.1. The lowest BCUT2D eigenvalue weighted by atomic mass is 10.2. The number of halogens is 1. The van der Waals surface area contributed by atoms with Crippen molar-refractivity contribution in [3.05, 3.63) is 59.9 Å². The van der Waals surface area contributed by atoms with Gasteiger partial charge in [-0.2, -0.15) is 4.39 Å². The van der Waals surface area contributed by atoms with Crippen molar-refractivity contribution in [2.45, 2.75) is 13.5 Å². The van der Waals surface area contributed by atoms with Gasteiger partial charge in [0, 0.05) is 18.9 Å². The zero-order valence-corrected chi connectivity index (χ0v) is 10.5. The Balaban J connectivity index is 2.31. The third kappa shape index (κ3) is 2.59. The van der Waals surface area contributed by atoms with Crippen molar-refractivity contribution in [1.29, 1.82) is 0 Å². The summed E-state index contributed by atoms with van der Waals surface area (Å²) in [6.07, 6.45) is 3.45. The average molecular weight is 246 g/mol. The molecule has 0 atom stereocenters. The van der Waals surface area contributed by atoms with Gasteiger partial charge in [-0.1, -0.05) is 6.58 Å². The van der Waals surface area contributed by atoms with E-state index in [-0.39, 0.29) is 0 Å². The second-order valence-electron chi connectivity index (χ2n) is 4.14. The van der Waals surface area contributed by atoms with Gasteiger partial charge in [-0.25, -0.2) is 4.98 Å². The molecule has 4 heteroatoms. The van der Waals surface area contributed by atoms with E-state index in [0.29, 0.717) is 12.3 Å². The van der Waals surface area contributed by atoms with Crippen LogP contribution in [-0.2, 0) is 11.3 Å². The van der Waals surface area contributed by atoms with E-state index in [1.165, 1.54) is 12.3 Å². The van der Waals surface area contributed by atoms with Gasteiger partial charge < -0.3 is 9.30 Å². The van der Waals surface area contributed by atoms with Crippen LogP contribution in [0.5, 0.6) is 0 Å². The fraction of sp³-hybridized carbons (Fsp3) is 0.214. The Kier molecular flexibility index (Phi) is 3.46. The van der Waals surface area contributed by atoms with Crippen LogP contribution in [0, 0.1) is 12.9 Å². The van der Waals surface area contributed by atoms with Crippen LogP contribution in [0.1, 0.15) is 16.8 Å². The summed E-state index contributed by atoms with van der Waals surface area (Å²) in [4.78, 5) is 3.54. The Morgan fingerprint density at radius 3 is 2.94 bits per heavy atom. The third-order valence-corrected chi connectivity index (χ3v) is 2.71. The van der Waals surface area contributed by atoms with Gasteiger partial charge in [-0.05, 0) is 36.2 Å². The summed E-state index contributed by atoms with van der Waals surface area (Å²) in [7, 11) is 1.58. The molecule has 94 valence electrons. The Morgan fingerprint density at radius 1 is 1.50 bits per heavy atom. The lowest BCUT2D eigenvalue weighted by Crippen LogP contribution is -2.03. The highest BCUT2D eigenvalue weighted by Gasteiger charge is 2.08. The van der Waals surface area contributed by atoms with Gasteiger partial charge in [0.15, 0.2) is 0 Å². The maximum absolute atomic E-state index is 13.0. The van der Waals surface area contributed by atoms with E-state index in [1.807, 2.05) is 23.8 Å². The van der Waals surface area contributed by atoms with Gasteiger partial charge in [0.1, 0.15) is 5.76 Å². The predicted molar refractivity (Wildman–Crippen MR) is 68.5 cm³/mol. The minimum absolute atomic E-state index is 0.469. The number of hydrogen-bond acceptors (Lipinski definition) is 2. The normalized spacial score (nSPS) is 10.4. The predicted octanol–water partition coefficient (Wildman–Crippen LogP) is 3.00. The number of pyridine rings is 1. The highest BCUT2D eigenvalue weighted by molar-refractivity contribution is 5.55. The molecule has 0 bridgehead atoms. The van der Waals surface area contributed by atoms with Crippen molar-refractivity contribution in [2.24, 2.45) is 0 Å². The monoisotopic (exact) mass is 246 g/mol. The first-order chi connectivity index (χ1) is 8.60. The number of nitrogens with zero attached hydrogens (tertiary/aromatic N) is 2. The smallest absolute Gasteiger partial charge is 0.213 e. The molecule has 0 saturated carbocycles. The summed E-state index contributed by atoms with van der Waals surface area (Å²) < 4.78 is 20.2. The van der Waals surface area contributed by atoms with E-state index in [0.717, 1.165) is 16.8 Å². The van der Waals surface area contributed by atoms with Crippen LogP contribution in [0.4, 0.5) is 4.39 Å². The van der Waals surface area contributed by atoms with E-state index in [1.54, 1.807) is 13.2 Å². The standard InChI is InChI=1S/C14H15FN2O/c1-10-6-13(11(2)18-3)17(8-10)9-12-4-5-16-14(15)7-12/h4-8H,2,9H2,1,3H3. The molecular formula is C14H15FN2O. The first-order valence-corrected chi connectivity index (χ1v) is 5.60. The van der Waals surface area contributed by atoms with Crippen LogP contribution >= 0.6 is 0 Å². The van der Waals surface area contributed by atoms with Gasteiger partial charge in [0.25, 0.3) is 0 Å². The second-order valence-corrected chi connectivity index (χ2v) is 4.14. The zero-order valence-electron chi connectivity index (χ0n) is 10.5. The minimum Gasteiger partial charge on any atom is -0.495 e. The first kappa shape index (κ1) is 12.4. The molecule has 0 aliphatic heterocycles. The summed E-state index contributed by atoms with van der Waals surface area (Å²) in [5, 5.41) is 0. The van der Waals surface area contributed by atoms with E-state index >= 15 is 0 Å². The summed E-state index contributed by atoms with van der Waals surface area (Å²) >= 11 is 0. The van der Waals surface area contributed by atoms with Crippen LogP contribution in [0.3, 0.4) is 0 Å². The van der Waals surface area contributed by atoms with Gasteiger partial charge in [-0.15, -0.1) is 0 Å². The highest BCUT2D eigenvalue weighted by atomic mass is 19.1. The molecule has 2 aromatic rings. The SMILES string of the molecule is C=C(OC)c1cc(C)cn1Cc1ccnc(F)c1. The van der Waals surface area contributed by atoms with Crippen LogP contribution in [-0.4, -0.2) is 16.7 Å². The van der Waals surface area contributed by atoms with Crippen LogP contribution < -0.4 is 0 Å². The van der Waals surface area contributed by atoms with Crippen molar-refractivity contribution in [1.82, 2.24) is 9.55 Å². The summed E-state index contributed by atoms with van der Waals surface area (Å²) in [6, 6.07) is 5.20. The molecule has 0 radical (unpaired) electrons. The lowest BCUT2D eigenvalue weighted by Gasteiger charge is -2.10. The second kappa shape index (κ2) is 5.04. The fourth-order valence-corrected chi connectivity index (χ4v) is 1.86. The van der Waals surface area contributed by atoms with E-state index in [4.69, 9.17) is 4.74 Å². The minimum atomic E-state index is -0.469. The van der Waals surface area contributed by atoms with Gasteiger partial charge in [0.05, 0.1) is 12.8 Å². The van der Waals surface area contributed by atoms with Crippen LogP contribution in [0.15, 0.2) is 37.2 Å². The van der Waals surface area contributed by atoms with Crippen molar-refractivity contribution in [2.75, 3.05) is 7.11 Å². The Hall–Kier alpha value is -2.10. The number of methoxy groups -OCH3 is 1. The molecule has 0 unspecified atom stereocenters. The van der Waals surface area contributed by atoms with Crippen molar-refractivity contribution in [3.63, 3.8) is 0 Å². The summed E-state index contributed by atoms with van der Waals surface area (Å²) in [5.74, 6) is 0.126. The topological polar surface area (TPSA) is 27.1 Å². The van der Waals surface area contributed by atoms with Crippen LogP contribution in [0.25, 0.3) is 5.76 Å². The molecule has 0 saturated heterocycles. The number of aryl methyl sites for hydroxylation is 1. The maximum Gasteiger partial charge on any atom is 0.213 e. The Bertz CT molecular complexity index is 575. The molecule has 0 amide bonds. The number of ether oxygens (including phenoxy) is 1. The molecule has 0 spiro atoms. The lowest BCUT2D eigenvalue weighted by molar-refractivity contribution is 0.367. The number of hydrogen-bond donors (Lipinski definition) is 0. The van der Waals surface area contributed by atoms with Crippen LogP contribution in [0.2, 0.25) is 0 Å². The Morgan fingerprint density at radius 2 is 2.28 bits per heavy atom. The quantitative estimate of drug-likeness (QED) is 0.612. The molecular weight excluding hydrogens is 231 g/mol. The third-order valence-electron chi connectivity index (χ3n) is 2.71. The molecule has 2 heterocycles. The molecule has 0 N–H and O–H groups in total. The number of aromatic nitrogens is 2. The van der Waals surface area contributed by atoms with E-state index in [9.17, 15) is 4.39 Å². The summed E-state index contributed by atoms with van der Waals surface area (Å²) in [6.45, 7) is 6.40. The maximum atomic E-state index is 13.0. The largest absolute Gasteiger partial charge is 0.495 e. The van der Waals surface area contributed by atoms with Gasteiger partial charge in [0.2, 0.25) is 5.95 Å². The van der Waals surface area contributed by atoms with Crippen molar-refractivity contribution in [3.8, 4) is 0 Å². The van der Waals surface area contributed by atoms with Crippen molar-refractivity contribution >= 4 is 5.76 Å². The molecule has 2 aromatic heterocycles. The molecule has 3 nitrogen and oxygen atoms in total. The molecule has 0 aliphatic rings. The average Bonchev–Trinajstić information content (AvgIpc) is 2.69.